The van der Waals surface area contributed by atoms with Crippen molar-refractivity contribution in [2.45, 2.75) is 6.92 Å². The first kappa shape index (κ1) is 202. The monoisotopic (exact) mass is 2920 g/mol. The van der Waals surface area contributed by atoms with Gasteiger partial charge < -0.3 is 4.98 Å². The van der Waals surface area contributed by atoms with Crippen LogP contribution in [-0.4, -0.2) is 4.98 Å². The van der Waals surface area contributed by atoms with Crippen LogP contribution in [-0.2, 0) is 1010 Å². The van der Waals surface area contributed by atoms with Gasteiger partial charge >= 0.3 is 0 Å². The second-order valence-corrected chi connectivity index (χ2v) is 2.89. The zero-order chi connectivity index (χ0) is 9.10. The van der Waals surface area contributed by atoms with Crippen LogP contribution in [0.2, 0.25) is 0 Å². The molecular weight excluding hydrogens is 2910 g/mol. The topological polar surface area (TPSA) is 12.9 Å². The number of pyridine rings is 1. The first-order chi connectivity index (χ1) is 6.38. The van der Waals surface area contributed by atoms with Gasteiger partial charge in [0.15, 0.2) is 0 Å². The summed E-state index contributed by atoms with van der Waals surface area (Å²) in [5, 5.41) is 0. The molecule has 1 heterocycles. The minimum atomic E-state index is 0. The Morgan fingerprint density at radius 3 is 0.864 bits per heavy atom. The number of rotatable bonds is 1. The zero-order valence-electron chi connectivity index (χ0n) is 25.3. The molecule has 44 heavy (non-hydrogen) atoms. The van der Waals surface area contributed by atoms with Gasteiger partial charge in [-0.3, -0.25) is 0 Å². The molecule has 1 aromatic heterocycles. The second-order valence-electron chi connectivity index (χ2n) is 2.89. The van der Waals surface area contributed by atoms with Gasteiger partial charge in [0.2, 0.25) is 0 Å². The van der Waals surface area contributed by atoms with Crippen LogP contribution in [0.5, 0.6) is 0 Å². The fourth-order valence-electron chi connectivity index (χ4n) is 1.28. The number of nitrogens with zero attached hydrogens (tertiary/aromatic N) is 1. The molecule has 0 saturated carbocycles. The Balaban J connectivity index is -0.00000000226. The second kappa shape index (κ2) is 164. The van der Waals surface area contributed by atoms with Gasteiger partial charge in [-0.05, 0) is 0 Å². The fourth-order valence-corrected chi connectivity index (χ4v) is 1.28. The maximum absolute atomic E-state index is 3.96. The van der Waals surface area contributed by atoms with Gasteiger partial charge in [-0.2, -0.15) is 29.8 Å². The van der Waals surface area contributed by atoms with Crippen LogP contribution in [0.25, 0.3) is 11.1 Å². The van der Waals surface area contributed by atoms with Gasteiger partial charge in [0.1, 0.15) is 0 Å². The molecule has 31 radical (unpaired) electrons. The van der Waals surface area contributed by atoms with Crippen molar-refractivity contribution < 1.29 is 1010 Å². The molecule has 157 valence electrons. The summed E-state index contributed by atoms with van der Waals surface area (Å²) in [6, 6.07) is 13.0. The maximum atomic E-state index is 3.96. The van der Waals surface area contributed by atoms with Gasteiger partial charge in [0, 0.05) is 1010 Å². The van der Waals surface area contributed by atoms with E-state index in [1.807, 2.05) is 24.3 Å². The SMILES string of the molecule is Cc1ccc[c-]c1-c1[c-]nccc1.[Y].[Y].[Y].[Y].[Y].[Y].[Y].[Y].[Y].[Y].[Y].[Y].[Y].[Y].[Y].[Y].[Y].[Y].[Y].[Y].[Y].[Y].[Y].[Y].[Y].[Y].[Y].[Y].[Y].[Y].[Y]. The number of benzene rings is 1. The Labute approximate surface area is 1050 Å². The summed E-state index contributed by atoms with van der Waals surface area (Å²) >= 11 is 0. The minimum absolute atomic E-state index is 0. The molecule has 2 aromatic rings. The predicted octanol–water partition coefficient (Wildman–Crippen LogP) is 2.58. The summed E-state index contributed by atoms with van der Waals surface area (Å²) in [7, 11) is 0. The number of hydrogen-bond donors (Lipinski definition) is 0. The molecule has 0 spiro atoms. The van der Waals surface area contributed by atoms with Crippen LogP contribution in [0.4, 0.5) is 0 Å². The standard InChI is InChI=1S/C12H9N.31Y/c1-10-5-2-3-7-12(10)11-6-4-8-13-9-11;;;;;;;;;;;;;;;;;;;;;;;;;;;;;;;/h2-6,8H,1H3;;;;;;;;;;;;;;;;;;;;;;;;;;;;;;;/q-2;;;;;;;;;;;;;;;;;;;;;;;;;;;;;;;. The van der Waals surface area contributed by atoms with Gasteiger partial charge in [-0.15, -0.1) is 12.1 Å². The molecule has 0 aliphatic heterocycles. The average Bonchev–Trinajstić information content (AvgIpc) is 2.20. The molecule has 0 amide bonds. The van der Waals surface area contributed by atoms with Crippen molar-refractivity contribution in [1.82, 2.24) is 4.98 Å². The molecular formula is C12H9NY31-2. The molecule has 2 rings (SSSR count). The van der Waals surface area contributed by atoms with Crippen LogP contribution in [0.1, 0.15) is 5.56 Å². The van der Waals surface area contributed by atoms with Crippen LogP contribution in [0, 0.1) is 19.2 Å². The van der Waals surface area contributed by atoms with E-state index >= 15 is 0 Å². The smallest absolute Gasteiger partial charge is 0 e. The van der Waals surface area contributed by atoms with Crippen molar-refractivity contribution >= 4 is 0 Å². The van der Waals surface area contributed by atoms with E-state index in [0.717, 1.165) is 11.1 Å². The van der Waals surface area contributed by atoms with E-state index < -0.39 is 0 Å². The summed E-state index contributed by atoms with van der Waals surface area (Å²) in [6.07, 6.45) is 4.67. The predicted molar refractivity (Wildman–Crippen MR) is 52.1 cm³/mol. The van der Waals surface area contributed by atoms with Gasteiger partial charge in [0.05, 0.1) is 0 Å². The summed E-state index contributed by atoms with van der Waals surface area (Å²) in [4.78, 5) is 3.96. The summed E-state index contributed by atoms with van der Waals surface area (Å²) in [6.45, 7) is 2.06. The summed E-state index contributed by atoms with van der Waals surface area (Å²) in [5.41, 5.74) is 3.28. The molecule has 0 aliphatic carbocycles. The Hall–Kier alpha value is 32.6. The van der Waals surface area contributed by atoms with Crippen molar-refractivity contribution in [1.29, 1.82) is 0 Å². The van der Waals surface area contributed by atoms with E-state index in [2.05, 4.69) is 30.2 Å². The van der Waals surface area contributed by atoms with Crippen molar-refractivity contribution in [3.05, 3.63) is 54.4 Å². The van der Waals surface area contributed by atoms with E-state index in [4.69, 9.17) is 0 Å². The van der Waals surface area contributed by atoms with Crippen LogP contribution in [0.3, 0.4) is 0 Å². The number of aryl methyl sites for hydroxylation is 1. The fraction of sp³-hybridized carbons (Fsp3) is 0.0833. The largest absolute Gasteiger partial charge is 0.371 e. The Kier molecular flexibility index (Phi) is 753. The number of aromatic nitrogens is 1. The maximum Gasteiger partial charge on any atom is 0 e. The third-order valence-electron chi connectivity index (χ3n) is 1.94. The third-order valence-corrected chi connectivity index (χ3v) is 1.94. The molecule has 0 fully saturated rings. The molecule has 0 aliphatic rings. The Bertz CT molecular complexity index is 431. The van der Waals surface area contributed by atoms with Crippen molar-refractivity contribution in [2.24, 2.45) is 0 Å². The Morgan fingerprint density at radius 2 is 0.659 bits per heavy atom. The molecule has 0 atom stereocenters. The third kappa shape index (κ3) is 131. The quantitative estimate of drug-likeness (QED) is 0.401. The first-order valence-electron chi connectivity index (χ1n) is 4.18. The average molecular weight is 2920 g/mol. The molecule has 0 unspecified atom stereocenters. The van der Waals surface area contributed by atoms with Crippen molar-refractivity contribution in [2.75, 3.05) is 0 Å². The van der Waals surface area contributed by atoms with Crippen LogP contribution < -0.4 is 0 Å². The zero-order valence-corrected chi connectivity index (χ0v) is 113. The van der Waals surface area contributed by atoms with Crippen LogP contribution >= 0.6 is 0 Å². The van der Waals surface area contributed by atoms with E-state index in [0.29, 0.717) is 0 Å². The van der Waals surface area contributed by atoms with Gasteiger partial charge in [-0.1, -0.05) is 19.3 Å². The van der Waals surface area contributed by atoms with Gasteiger partial charge in [-0.25, -0.2) is 11.1 Å². The van der Waals surface area contributed by atoms with E-state index in [9.17, 15) is 0 Å². The molecule has 1 nitrogen and oxygen atoms in total. The molecule has 0 bridgehead atoms. The van der Waals surface area contributed by atoms with E-state index in [1.54, 1.807) is 6.20 Å². The summed E-state index contributed by atoms with van der Waals surface area (Å²) in [5.74, 6) is 0. The van der Waals surface area contributed by atoms with E-state index in [1.165, 1.54) is 5.56 Å². The number of hydrogen-bond acceptors (Lipinski definition) is 1. The van der Waals surface area contributed by atoms with E-state index in [-0.39, 0.29) is 1010 Å². The minimum Gasteiger partial charge on any atom is -0.371 e. The van der Waals surface area contributed by atoms with Gasteiger partial charge in [0.25, 0.3) is 0 Å². The first-order valence-corrected chi connectivity index (χ1v) is 4.18. The Morgan fingerprint density at radius 1 is 0.386 bits per heavy atom. The van der Waals surface area contributed by atoms with Crippen LogP contribution in [0.15, 0.2) is 36.5 Å². The summed E-state index contributed by atoms with van der Waals surface area (Å²) < 4.78 is 0. The molecule has 32 heteroatoms. The molecule has 0 N–H and O–H groups in total. The van der Waals surface area contributed by atoms with Crippen molar-refractivity contribution in [3.8, 4) is 11.1 Å². The van der Waals surface area contributed by atoms with Crippen molar-refractivity contribution in [3.63, 3.8) is 0 Å². The molecule has 1 aromatic carbocycles. The normalized spacial score (nSPS) is 2.93. The molecule has 0 saturated heterocycles.